The van der Waals surface area contributed by atoms with Crippen molar-refractivity contribution in [1.82, 2.24) is 0 Å². The van der Waals surface area contributed by atoms with Crippen LogP contribution in [0.5, 0.6) is 0 Å². The molecule has 1 aliphatic carbocycles. The lowest BCUT2D eigenvalue weighted by molar-refractivity contribution is 0.184. The quantitative estimate of drug-likeness (QED) is 0.829. The fourth-order valence-corrected chi connectivity index (χ4v) is 3.15. The van der Waals surface area contributed by atoms with E-state index in [-0.39, 0.29) is 6.04 Å². The number of hydrogen-bond acceptors (Lipinski definition) is 5. The Bertz CT molecular complexity index is 460. The Morgan fingerprint density at radius 3 is 2.83 bits per heavy atom. The molecule has 1 heterocycles. The van der Waals surface area contributed by atoms with Crippen LogP contribution >= 0.6 is 11.3 Å². The second-order valence-electron chi connectivity index (χ2n) is 4.68. The van der Waals surface area contributed by atoms with Crippen molar-refractivity contribution in [2.24, 2.45) is 0 Å². The van der Waals surface area contributed by atoms with Gasteiger partial charge in [-0.3, -0.25) is 0 Å². The zero-order valence-electron chi connectivity index (χ0n) is 10.8. The molecule has 0 spiro atoms. The van der Waals surface area contributed by atoms with Crippen molar-refractivity contribution < 1.29 is 4.74 Å². The molecule has 1 aromatic rings. The summed E-state index contributed by atoms with van der Waals surface area (Å²) in [5, 5.41) is 13.6. The summed E-state index contributed by atoms with van der Waals surface area (Å²) in [6.07, 6.45) is 3.35. The van der Waals surface area contributed by atoms with Crippen LogP contribution in [0.15, 0.2) is 0 Å². The summed E-state index contributed by atoms with van der Waals surface area (Å²) in [6.45, 7) is 2.79. The summed E-state index contributed by atoms with van der Waals surface area (Å²) in [5.41, 5.74) is 7.90. The molecule has 98 valence electrons. The average molecular weight is 265 g/mol. The summed E-state index contributed by atoms with van der Waals surface area (Å²) in [4.78, 5) is 0.631. The lowest BCUT2D eigenvalue weighted by Crippen LogP contribution is -2.23. The third-order valence-electron chi connectivity index (χ3n) is 3.27. The first-order valence-electron chi connectivity index (χ1n) is 6.28. The van der Waals surface area contributed by atoms with Crippen LogP contribution in [0.2, 0.25) is 0 Å². The molecule has 1 saturated carbocycles. The molecule has 1 atom stereocenters. The van der Waals surface area contributed by atoms with E-state index in [0.717, 1.165) is 17.0 Å². The van der Waals surface area contributed by atoms with Gasteiger partial charge in [0.1, 0.15) is 10.9 Å². The van der Waals surface area contributed by atoms with Crippen molar-refractivity contribution in [3.63, 3.8) is 0 Å². The zero-order chi connectivity index (χ0) is 13.1. The van der Waals surface area contributed by atoms with Crippen LogP contribution in [0.1, 0.15) is 42.5 Å². The van der Waals surface area contributed by atoms with Crippen LogP contribution in [0.25, 0.3) is 0 Å². The number of ether oxygens (including phenoxy) is 1. The van der Waals surface area contributed by atoms with Crippen LogP contribution in [-0.2, 0) is 4.74 Å². The molecule has 0 radical (unpaired) electrons. The molecule has 0 aromatic carbocycles. The first-order chi connectivity index (χ1) is 8.71. The minimum Gasteiger partial charge on any atom is -0.397 e. The van der Waals surface area contributed by atoms with Gasteiger partial charge in [-0.15, -0.1) is 11.3 Å². The first kappa shape index (κ1) is 13.2. The van der Waals surface area contributed by atoms with Crippen molar-refractivity contribution >= 4 is 22.0 Å². The van der Waals surface area contributed by atoms with Crippen molar-refractivity contribution in [2.75, 3.05) is 24.8 Å². The second kappa shape index (κ2) is 5.59. The third-order valence-corrected chi connectivity index (χ3v) is 4.32. The van der Waals surface area contributed by atoms with Crippen LogP contribution in [0.4, 0.5) is 10.7 Å². The van der Waals surface area contributed by atoms with E-state index in [9.17, 15) is 0 Å². The zero-order valence-corrected chi connectivity index (χ0v) is 11.6. The van der Waals surface area contributed by atoms with Gasteiger partial charge in [0.15, 0.2) is 0 Å². The molecule has 4 nitrogen and oxygen atoms in total. The summed E-state index contributed by atoms with van der Waals surface area (Å²) >= 11 is 1.47. The highest BCUT2D eigenvalue weighted by molar-refractivity contribution is 7.17. The fraction of sp³-hybridized carbons (Fsp3) is 0.615. The fourth-order valence-electron chi connectivity index (χ4n) is 2.07. The maximum atomic E-state index is 9.08. The van der Waals surface area contributed by atoms with Crippen LogP contribution in [-0.4, -0.2) is 19.8 Å². The molecular weight excluding hydrogens is 246 g/mol. The molecular formula is C13H19N3OS. The Morgan fingerprint density at radius 2 is 2.33 bits per heavy atom. The predicted molar refractivity (Wildman–Crippen MR) is 75.0 cm³/mol. The van der Waals surface area contributed by atoms with Crippen molar-refractivity contribution in [3.8, 4) is 6.07 Å². The molecule has 0 saturated heterocycles. The number of nitrogens with two attached hydrogens (primary N) is 1. The van der Waals surface area contributed by atoms with E-state index in [1.807, 2.05) is 0 Å². The summed E-state index contributed by atoms with van der Waals surface area (Å²) < 4.78 is 5.19. The molecule has 1 fully saturated rings. The van der Waals surface area contributed by atoms with Crippen LogP contribution in [0, 0.1) is 11.3 Å². The SMILES string of the molecule is CCC(COC)Nc1sc(C#N)c(N)c1C1CC1. The van der Waals surface area contributed by atoms with Crippen molar-refractivity contribution in [2.45, 2.75) is 38.1 Å². The number of nitrogens with zero attached hydrogens (tertiary/aromatic N) is 1. The molecule has 18 heavy (non-hydrogen) atoms. The first-order valence-corrected chi connectivity index (χ1v) is 7.10. The third kappa shape index (κ3) is 2.60. The number of methoxy groups -OCH3 is 1. The molecule has 2 rings (SSSR count). The minimum atomic E-state index is 0.275. The largest absolute Gasteiger partial charge is 0.397 e. The Hall–Kier alpha value is -1.25. The smallest absolute Gasteiger partial charge is 0.130 e. The molecule has 1 aliphatic rings. The van der Waals surface area contributed by atoms with Crippen LogP contribution < -0.4 is 11.1 Å². The van der Waals surface area contributed by atoms with Gasteiger partial charge in [-0.1, -0.05) is 6.92 Å². The van der Waals surface area contributed by atoms with E-state index in [1.165, 1.54) is 24.2 Å². The van der Waals surface area contributed by atoms with Gasteiger partial charge in [0.2, 0.25) is 0 Å². The summed E-state index contributed by atoms with van der Waals surface area (Å²) in [6, 6.07) is 2.46. The highest BCUT2D eigenvalue weighted by Crippen LogP contribution is 2.50. The maximum absolute atomic E-state index is 9.08. The van der Waals surface area contributed by atoms with Gasteiger partial charge in [-0.25, -0.2) is 0 Å². The van der Waals surface area contributed by atoms with Gasteiger partial charge in [-0.2, -0.15) is 5.26 Å². The van der Waals surface area contributed by atoms with E-state index < -0.39 is 0 Å². The monoisotopic (exact) mass is 265 g/mol. The number of rotatable bonds is 6. The molecule has 1 unspecified atom stereocenters. The highest BCUT2D eigenvalue weighted by Gasteiger charge is 2.32. The molecule has 0 aliphatic heterocycles. The van der Waals surface area contributed by atoms with E-state index >= 15 is 0 Å². The van der Waals surface area contributed by atoms with Gasteiger partial charge in [0.05, 0.1) is 17.3 Å². The van der Waals surface area contributed by atoms with E-state index in [1.54, 1.807) is 7.11 Å². The predicted octanol–water partition coefficient (Wildman–Crippen LogP) is 2.92. The molecule has 3 N–H and O–H groups in total. The standard InChI is InChI=1S/C13H19N3OS/c1-3-9(7-17-2)16-13-11(8-4-5-8)12(15)10(6-14)18-13/h8-9,16H,3-5,7,15H2,1-2H3. The number of thiophene rings is 1. The number of nitrogens with one attached hydrogen (secondary N) is 1. The molecule has 1 aromatic heterocycles. The normalized spacial score (nSPS) is 16.3. The van der Waals surface area contributed by atoms with Crippen molar-refractivity contribution in [1.29, 1.82) is 5.26 Å². The Kier molecular flexibility index (Phi) is 4.10. The van der Waals surface area contributed by atoms with Crippen LogP contribution in [0.3, 0.4) is 0 Å². The maximum Gasteiger partial charge on any atom is 0.130 e. The number of nitrogen functional groups attached to an aromatic ring is 1. The van der Waals surface area contributed by atoms with Crippen molar-refractivity contribution in [3.05, 3.63) is 10.4 Å². The Morgan fingerprint density at radius 1 is 1.61 bits per heavy atom. The minimum absolute atomic E-state index is 0.275. The number of nitriles is 1. The molecule has 5 heteroatoms. The lowest BCUT2D eigenvalue weighted by Gasteiger charge is -2.17. The lowest BCUT2D eigenvalue weighted by atomic mass is 10.1. The number of anilines is 2. The summed E-state index contributed by atoms with van der Waals surface area (Å²) in [5.74, 6) is 0.547. The Labute approximate surface area is 112 Å². The van der Waals surface area contributed by atoms with Gasteiger partial charge < -0.3 is 15.8 Å². The second-order valence-corrected chi connectivity index (χ2v) is 5.70. The average Bonchev–Trinajstić information content (AvgIpc) is 3.14. The molecule has 0 bridgehead atoms. The van der Waals surface area contributed by atoms with Gasteiger partial charge in [0, 0.05) is 18.7 Å². The van der Waals surface area contributed by atoms with Gasteiger partial charge in [0.25, 0.3) is 0 Å². The van der Waals surface area contributed by atoms with Gasteiger partial charge >= 0.3 is 0 Å². The highest BCUT2D eigenvalue weighted by atomic mass is 32.1. The summed E-state index contributed by atoms with van der Waals surface area (Å²) in [7, 11) is 1.70. The van der Waals surface area contributed by atoms with E-state index in [2.05, 4.69) is 18.3 Å². The Balaban J connectivity index is 2.23. The molecule has 0 amide bonds. The topological polar surface area (TPSA) is 71.1 Å². The van der Waals surface area contributed by atoms with E-state index in [4.69, 9.17) is 15.7 Å². The van der Waals surface area contributed by atoms with E-state index in [0.29, 0.717) is 23.1 Å². The van der Waals surface area contributed by atoms with Gasteiger partial charge in [-0.05, 0) is 25.2 Å². The number of hydrogen-bond donors (Lipinski definition) is 2.